The van der Waals surface area contributed by atoms with E-state index in [2.05, 4.69) is 9.62 Å². The standard InChI is InChI=1S/C8H16N2OS/c1-12(11)10-6-5-9-8(7-10)3-2-4-8/h9H,2-7H2,1H3. The molecule has 1 spiro atoms. The van der Waals surface area contributed by atoms with Crippen molar-refractivity contribution in [1.29, 1.82) is 0 Å². The van der Waals surface area contributed by atoms with E-state index in [9.17, 15) is 4.21 Å². The van der Waals surface area contributed by atoms with Crippen LogP contribution in [0.2, 0.25) is 0 Å². The summed E-state index contributed by atoms with van der Waals surface area (Å²) in [5.74, 6) is 0. The van der Waals surface area contributed by atoms with Crippen LogP contribution in [-0.4, -0.2) is 39.9 Å². The van der Waals surface area contributed by atoms with Crippen molar-refractivity contribution in [2.75, 3.05) is 25.9 Å². The predicted octanol–water partition coefficient (Wildman–Crippen LogP) is 0.108. The van der Waals surface area contributed by atoms with Crippen LogP contribution in [0.15, 0.2) is 0 Å². The third kappa shape index (κ3) is 1.43. The summed E-state index contributed by atoms with van der Waals surface area (Å²) in [5, 5.41) is 3.54. The molecule has 1 aliphatic carbocycles. The second-order valence-electron chi connectivity index (χ2n) is 3.85. The molecule has 2 rings (SSSR count). The Balaban J connectivity index is 1.98. The number of hydrogen-bond acceptors (Lipinski definition) is 2. The van der Waals surface area contributed by atoms with E-state index >= 15 is 0 Å². The molecule has 1 aliphatic heterocycles. The van der Waals surface area contributed by atoms with E-state index in [4.69, 9.17) is 0 Å². The Hall–Kier alpha value is 0.0700. The maximum atomic E-state index is 11.2. The molecule has 1 atom stereocenters. The van der Waals surface area contributed by atoms with Crippen LogP contribution >= 0.6 is 0 Å². The zero-order valence-electron chi connectivity index (χ0n) is 7.51. The summed E-state index contributed by atoms with van der Waals surface area (Å²) in [4.78, 5) is 0. The van der Waals surface area contributed by atoms with Crippen molar-refractivity contribution >= 4 is 11.0 Å². The molecule has 1 saturated heterocycles. The SMILES string of the molecule is CS(=O)N1CCNC2(CCC2)C1. The summed E-state index contributed by atoms with van der Waals surface area (Å²) >= 11 is 0. The average Bonchev–Trinajstić information content (AvgIpc) is 2.02. The topological polar surface area (TPSA) is 32.3 Å². The molecule has 0 bridgehead atoms. The van der Waals surface area contributed by atoms with Crippen LogP contribution in [0.4, 0.5) is 0 Å². The van der Waals surface area contributed by atoms with Crippen molar-refractivity contribution in [2.24, 2.45) is 0 Å². The molecule has 0 aromatic carbocycles. The summed E-state index contributed by atoms with van der Waals surface area (Å²) in [6.07, 6.45) is 5.64. The van der Waals surface area contributed by atoms with Crippen LogP contribution in [-0.2, 0) is 11.0 Å². The molecule has 12 heavy (non-hydrogen) atoms. The highest BCUT2D eigenvalue weighted by Gasteiger charge is 2.40. The highest BCUT2D eigenvalue weighted by Crippen LogP contribution is 2.34. The molecule has 2 fully saturated rings. The lowest BCUT2D eigenvalue weighted by molar-refractivity contribution is 0.118. The van der Waals surface area contributed by atoms with Gasteiger partial charge in [-0.2, -0.15) is 0 Å². The molecule has 0 radical (unpaired) electrons. The molecular weight excluding hydrogens is 172 g/mol. The minimum Gasteiger partial charge on any atom is -0.309 e. The fraction of sp³-hybridized carbons (Fsp3) is 1.00. The third-order valence-corrected chi connectivity index (χ3v) is 4.05. The van der Waals surface area contributed by atoms with Gasteiger partial charge < -0.3 is 5.32 Å². The molecule has 0 aromatic rings. The Morgan fingerprint density at radius 3 is 2.75 bits per heavy atom. The zero-order valence-corrected chi connectivity index (χ0v) is 8.32. The fourth-order valence-electron chi connectivity index (χ4n) is 2.08. The fourth-order valence-corrected chi connectivity index (χ4v) is 2.85. The van der Waals surface area contributed by atoms with Crippen LogP contribution in [0.25, 0.3) is 0 Å². The maximum Gasteiger partial charge on any atom is 0.0911 e. The van der Waals surface area contributed by atoms with Crippen molar-refractivity contribution < 1.29 is 4.21 Å². The van der Waals surface area contributed by atoms with Crippen LogP contribution < -0.4 is 5.32 Å². The summed E-state index contributed by atoms with van der Waals surface area (Å²) in [5.41, 5.74) is 0.337. The van der Waals surface area contributed by atoms with E-state index in [0.717, 1.165) is 19.6 Å². The molecule has 0 aromatic heterocycles. The van der Waals surface area contributed by atoms with Gasteiger partial charge in [-0.05, 0) is 19.3 Å². The summed E-state index contributed by atoms with van der Waals surface area (Å²) in [6, 6.07) is 0. The summed E-state index contributed by atoms with van der Waals surface area (Å²) < 4.78 is 13.3. The molecule has 4 heteroatoms. The van der Waals surface area contributed by atoms with E-state index in [1.54, 1.807) is 6.26 Å². The van der Waals surface area contributed by atoms with Gasteiger partial charge in [-0.25, -0.2) is 8.51 Å². The van der Waals surface area contributed by atoms with Gasteiger partial charge in [-0.15, -0.1) is 0 Å². The van der Waals surface area contributed by atoms with Gasteiger partial charge in [0.1, 0.15) is 0 Å². The number of nitrogens with zero attached hydrogens (tertiary/aromatic N) is 1. The Bertz CT molecular complexity index is 203. The number of hydrogen-bond donors (Lipinski definition) is 1. The monoisotopic (exact) mass is 188 g/mol. The molecule has 1 N–H and O–H groups in total. The van der Waals surface area contributed by atoms with Crippen molar-refractivity contribution in [1.82, 2.24) is 9.62 Å². The first kappa shape index (κ1) is 8.66. The molecule has 2 aliphatic rings. The molecular formula is C8H16N2OS. The number of nitrogens with one attached hydrogen (secondary N) is 1. The van der Waals surface area contributed by atoms with Crippen molar-refractivity contribution in [3.05, 3.63) is 0 Å². The molecule has 0 amide bonds. The van der Waals surface area contributed by atoms with Gasteiger partial charge in [0.25, 0.3) is 0 Å². The van der Waals surface area contributed by atoms with Crippen molar-refractivity contribution in [3.8, 4) is 0 Å². The van der Waals surface area contributed by atoms with Crippen LogP contribution in [0, 0.1) is 0 Å². The van der Waals surface area contributed by atoms with Crippen LogP contribution in [0.3, 0.4) is 0 Å². The van der Waals surface area contributed by atoms with E-state index in [-0.39, 0.29) is 0 Å². The molecule has 70 valence electrons. The normalized spacial score (nSPS) is 31.4. The van der Waals surface area contributed by atoms with Gasteiger partial charge in [-0.3, -0.25) is 0 Å². The molecule has 1 heterocycles. The van der Waals surface area contributed by atoms with E-state index < -0.39 is 11.0 Å². The molecule has 3 nitrogen and oxygen atoms in total. The minimum atomic E-state index is -0.773. The maximum absolute atomic E-state index is 11.2. The number of rotatable bonds is 1. The van der Waals surface area contributed by atoms with Gasteiger partial charge in [-0.1, -0.05) is 0 Å². The molecule has 1 saturated carbocycles. The van der Waals surface area contributed by atoms with Gasteiger partial charge in [0, 0.05) is 31.4 Å². The lowest BCUT2D eigenvalue weighted by atomic mass is 9.76. The first-order valence-electron chi connectivity index (χ1n) is 4.55. The lowest BCUT2D eigenvalue weighted by Gasteiger charge is -2.48. The van der Waals surface area contributed by atoms with E-state index in [1.165, 1.54) is 19.3 Å². The minimum absolute atomic E-state index is 0.337. The van der Waals surface area contributed by atoms with E-state index in [0.29, 0.717) is 5.54 Å². The predicted molar refractivity (Wildman–Crippen MR) is 50.2 cm³/mol. The summed E-state index contributed by atoms with van der Waals surface area (Å²) in [6.45, 7) is 2.92. The van der Waals surface area contributed by atoms with Gasteiger partial charge in [0.15, 0.2) is 0 Å². The van der Waals surface area contributed by atoms with Crippen LogP contribution in [0.5, 0.6) is 0 Å². The number of piperazine rings is 1. The Morgan fingerprint density at radius 2 is 2.25 bits per heavy atom. The summed E-state index contributed by atoms with van der Waals surface area (Å²) in [7, 11) is -0.773. The van der Waals surface area contributed by atoms with Crippen molar-refractivity contribution in [3.63, 3.8) is 0 Å². The second kappa shape index (κ2) is 3.09. The Labute approximate surface area is 76.1 Å². The van der Waals surface area contributed by atoms with E-state index in [1.807, 2.05) is 0 Å². The highest BCUT2D eigenvalue weighted by molar-refractivity contribution is 7.81. The first-order chi connectivity index (χ1) is 5.72. The van der Waals surface area contributed by atoms with Crippen molar-refractivity contribution in [2.45, 2.75) is 24.8 Å². The Kier molecular flexibility index (Phi) is 2.23. The van der Waals surface area contributed by atoms with Gasteiger partial charge in [0.2, 0.25) is 0 Å². The third-order valence-electron chi connectivity index (χ3n) is 3.01. The first-order valence-corrected chi connectivity index (χ1v) is 6.07. The lowest BCUT2D eigenvalue weighted by Crippen LogP contribution is -2.63. The largest absolute Gasteiger partial charge is 0.309 e. The quantitative estimate of drug-likeness (QED) is 0.633. The van der Waals surface area contributed by atoms with Crippen LogP contribution in [0.1, 0.15) is 19.3 Å². The zero-order chi connectivity index (χ0) is 8.60. The highest BCUT2D eigenvalue weighted by atomic mass is 32.2. The smallest absolute Gasteiger partial charge is 0.0911 e. The average molecular weight is 188 g/mol. The Morgan fingerprint density at radius 1 is 1.50 bits per heavy atom. The second-order valence-corrected chi connectivity index (χ2v) is 5.21. The van der Waals surface area contributed by atoms with Gasteiger partial charge >= 0.3 is 0 Å². The molecule has 1 unspecified atom stereocenters. The van der Waals surface area contributed by atoms with Gasteiger partial charge in [0.05, 0.1) is 11.0 Å².